The molecule has 0 N–H and O–H groups in total. The smallest absolute Gasteiger partial charge is 0.0799 e. The molecule has 0 aromatic rings. The molecule has 0 bridgehead atoms. The van der Waals surface area contributed by atoms with Crippen molar-refractivity contribution in [2.24, 2.45) is 0 Å². The van der Waals surface area contributed by atoms with Crippen LogP contribution in [0.5, 0.6) is 0 Å². The zero-order valence-electron chi connectivity index (χ0n) is 10.0. The van der Waals surface area contributed by atoms with Crippen LogP contribution in [0.15, 0.2) is 0 Å². The maximum Gasteiger partial charge on any atom is 0.0799 e. The summed E-state index contributed by atoms with van der Waals surface area (Å²) in [6, 6.07) is 0.553. The van der Waals surface area contributed by atoms with E-state index in [4.69, 9.17) is 9.47 Å². The summed E-state index contributed by atoms with van der Waals surface area (Å²) >= 11 is 3.50. The first-order valence-electron chi connectivity index (χ1n) is 6.33. The van der Waals surface area contributed by atoms with Crippen LogP contribution in [-0.2, 0) is 9.47 Å². The van der Waals surface area contributed by atoms with Crippen molar-refractivity contribution >= 4 is 15.9 Å². The fourth-order valence-corrected chi connectivity index (χ4v) is 2.85. The van der Waals surface area contributed by atoms with E-state index in [1.165, 1.54) is 19.3 Å². The van der Waals surface area contributed by atoms with Crippen LogP contribution in [0.3, 0.4) is 0 Å². The van der Waals surface area contributed by atoms with Gasteiger partial charge in [0.1, 0.15) is 0 Å². The van der Waals surface area contributed by atoms with Crippen molar-refractivity contribution in [1.29, 1.82) is 0 Å². The molecule has 4 heteroatoms. The number of nitrogens with zero attached hydrogens (tertiary/aromatic N) is 1. The lowest BCUT2D eigenvalue weighted by molar-refractivity contribution is -0.0507. The summed E-state index contributed by atoms with van der Waals surface area (Å²) in [5.41, 5.74) is 0. The van der Waals surface area contributed by atoms with E-state index >= 15 is 0 Å². The van der Waals surface area contributed by atoms with Crippen LogP contribution in [0.25, 0.3) is 0 Å². The molecule has 3 unspecified atom stereocenters. The molecule has 0 amide bonds. The fraction of sp³-hybridized carbons (Fsp3) is 1.00. The predicted octanol–water partition coefficient (Wildman–Crippen LogP) is 2.04. The van der Waals surface area contributed by atoms with E-state index in [9.17, 15) is 0 Å². The Labute approximate surface area is 107 Å². The van der Waals surface area contributed by atoms with E-state index in [1.807, 2.05) is 0 Å². The Morgan fingerprint density at radius 2 is 2.19 bits per heavy atom. The summed E-state index contributed by atoms with van der Waals surface area (Å²) in [6.07, 6.45) is 4.55. The summed E-state index contributed by atoms with van der Waals surface area (Å²) < 4.78 is 11.4. The third-order valence-corrected chi connectivity index (χ3v) is 4.29. The van der Waals surface area contributed by atoms with Gasteiger partial charge in [-0.15, -0.1) is 0 Å². The molecule has 0 saturated carbocycles. The molecule has 0 aromatic carbocycles. The van der Waals surface area contributed by atoms with Crippen LogP contribution in [0.4, 0.5) is 0 Å². The maximum absolute atomic E-state index is 5.72. The average molecular weight is 292 g/mol. The van der Waals surface area contributed by atoms with Gasteiger partial charge in [0, 0.05) is 31.1 Å². The molecule has 0 radical (unpaired) electrons. The number of morpholine rings is 1. The Balaban J connectivity index is 1.73. The third-order valence-electron chi connectivity index (χ3n) is 3.57. The first-order valence-corrected chi connectivity index (χ1v) is 7.45. The van der Waals surface area contributed by atoms with Crippen LogP contribution in [0.2, 0.25) is 0 Å². The minimum absolute atomic E-state index is 0.362. The SMILES string of the molecule is CC1COC(CBr)CN1CCC1CCCO1. The summed E-state index contributed by atoms with van der Waals surface area (Å²) in [7, 11) is 0. The highest BCUT2D eigenvalue weighted by atomic mass is 79.9. The molecular weight excluding hydrogens is 270 g/mol. The van der Waals surface area contributed by atoms with E-state index in [0.717, 1.165) is 31.6 Å². The van der Waals surface area contributed by atoms with Gasteiger partial charge in [-0.1, -0.05) is 15.9 Å². The highest BCUT2D eigenvalue weighted by molar-refractivity contribution is 9.09. The molecule has 2 heterocycles. The molecule has 3 atom stereocenters. The van der Waals surface area contributed by atoms with Gasteiger partial charge in [0.05, 0.1) is 18.8 Å². The predicted molar refractivity (Wildman–Crippen MR) is 68.2 cm³/mol. The monoisotopic (exact) mass is 291 g/mol. The van der Waals surface area contributed by atoms with E-state index < -0.39 is 0 Å². The van der Waals surface area contributed by atoms with E-state index in [2.05, 4.69) is 27.8 Å². The van der Waals surface area contributed by atoms with Crippen molar-refractivity contribution in [3.63, 3.8) is 0 Å². The van der Waals surface area contributed by atoms with Gasteiger partial charge in [-0.05, 0) is 26.2 Å². The zero-order valence-corrected chi connectivity index (χ0v) is 11.6. The average Bonchev–Trinajstić information content (AvgIpc) is 2.81. The number of halogens is 1. The molecule has 2 aliphatic rings. The highest BCUT2D eigenvalue weighted by Gasteiger charge is 2.26. The van der Waals surface area contributed by atoms with Gasteiger partial charge in [0.25, 0.3) is 0 Å². The molecule has 2 fully saturated rings. The second-order valence-corrected chi connectivity index (χ2v) is 5.52. The number of alkyl halides is 1. The Bertz CT molecular complexity index is 209. The molecular formula is C12H22BrNO2. The maximum atomic E-state index is 5.72. The number of hydrogen-bond acceptors (Lipinski definition) is 3. The Morgan fingerprint density at radius 1 is 1.31 bits per heavy atom. The van der Waals surface area contributed by atoms with Gasteiger partial charge in [0.15, 0.2) is 0 Å². The first kappa shape index (κ1) is 12.8. The molecule has 0 aliphatic carbocycles. The number of rotatable bonds is 4. The second-order valence-electron chi connectivity index (χ2n) is 4.88. The number of ether oxygens (including phenoxy) is 2. The largest absolute Gasteiger partial charge is 0.378 e. The summed E-state index contributed by atoms with van der Waals surface area (Å²) in [5.74, 6) is 0. The third kappa shape index (κ3) is 3.42. The first-order chi connectivity index (χ1) is 7.79. The van der Waals surface area contributed by atoms with Crippen molar-refractivity contribution in [3.05, 3.63) is 0 Å². The Hall–Kier alpha value is 0.360. The minimum atomic E-state index is 0.362. The van der Waals surface area contributed by atoms with Gasteiger partial charge < -0.3 is 9.47 Å². The van der Waals surface area contributed by atoms with Gasteiger partial charge >= 0.3 is 0 Å². The van der Waals surface area contributed by atoms with Crippen LogP contribution in [0.1, 0.15) is 26.2 Å². The zero-order chi connectivity index (χ0) is 11.4. The van der Waals surface area contributed by atoms with Crippen LogP contribution < -0.4 is 0 Å². The van der Waals surface area contributed by atoms with Gasteiger partial charge in [-0.3, -0.25) is 4.90 Å². The summed E-state index contributed by atoms with van der Waals surface area (Å²) in [5, 5.41) is 0.941. The normalized spacial score (nSPS) is 36.8. The molecule has 16 heavy (non-hydrogen) atoms. The molecule has 2 saturated heterocycles. The Morgan fingerprint density at radius 3 is 2.88 bits per heavy atom. The number of hydrogen-bond donors (Lipinski definition) is 0. The Kier molecular flexibility index (Phi) is 5.07. The molecule has 0 spiro atoms. The van der Waals surface area contributed by atoms with Gasteiger partial charge in [0.2, 0.25) is 0 Å². The highest BCUT2D eigenvalue weighted by Crippen LogP contribution is 2.18. The van der Waals surface area contributed by atoms with Crippen molar-refractivity contribution in [2.75, 3.05) is 31.6 Å². The van der Waals surface area contributed by atoms with Crippen molar-refractivity contribution in [1.82, 2.24) is 4.90 Å². The van der Waals surface area contributed by atoms with Crippen molar-refractivity contribution in [3.8, 4) is 0 Å². The lowest BCUT2D eigenvalue weighted by atomic mass is 10.1. The quantitative estimate of drug-likeness (QED) is 0.740. The lowest BCUT2D eigenvalue weighted by Gasteiger charge is -2.37. The van der Waals surface area contributed by atoms with Crippen molar-refractivity contribution < 1.29 is 9.47 Å². The molecule has 3 nitrogen and oxygen atoms in total. The van der Waals surface area contributed by atoms with Crippen LogP contribution >= 0.6 is 15.9 Å². The van der Waals surface area contributed by atoms with E-state index in [1.54, 1.807) is 0 Å². The van der Waals surface area contributed by atoms with E-state index in [0.29, 0.717) is 18.2 Å². The molecule has 2 rings (SSSR count). The van der Waals surface area contributed by atoms with Gasteiger partial charge in [-0.2, -0.15) is 0 Å². The second kappa shape index (κ2) is 6.34. The topological polar surface area (TPSA) is 21.7 Å². The fourth-order valence-electron chi connectivity index (χ4n) is 2.46. The molecule has 2 aliphatic heterocycles. The van der Waals surface area contributed by atoms with Crippen molar-refractivity contribution in [2.45, 2.75) is 44.4 Å². The van der Waals surface area contributed by atoms with E-state index in [-0.39, 0.29) is 0 Å². The summed E-state index contributed by atoms with van der Waals surface area (Å²) in [6.45, 7) is 6.28. The van der Waals surface area contributed by atoms with Gasteiger partial charge in [-0.25, -0.2) is 0 Å². The molecule has 94 valence electrons. The van der Waals surface area contributed by atoms with Crippen LogP contribution in [-0.4, -0.2) is 54.8 Å². The standard InChI is InChI=1S/C12H22BrNO2/c1-10-9-16-12(7-13)8-14(10)5-4-11-3-2-6-15-11/h10-12H,2-9H2,1H3. The summed E-state index contributed by atoms with van der Waals surface area (Å²) in [4.78, 5) is 2.54. The van der Waals surface area contributed by atoms with Crippen LogP contribution in [0, 0.1) is 0 Å². The molecule has 0 aromatic heterocycles. The minimum Gasteiger partial charge on any atom is -0.378 e. The lowest BCUT2D eigenvalue weighted by Crippen LogP contribution is -2.49.